The fourth-order valence-corrected chi connectivity index (χ4v) is 10.8. The maximum atomic E-state index is 14.4. The highest BCUT2D eigenvalue weighted by molar-refractivity contribution is 6.31. The van der Waals surface area contributed by atoms with Gasteiger partial charge in [-0.2, -0.15) is 0 Å². The molecule has 0 radical (unpaired) electrons. The van der Waals surface area contributed by atoms with Crippen LogP contribution in [-0.4, -0.2) is 160 Å². The molecule has 6 atom stereocenters. The smallest absolute Gasteiger partial charge is 0.410 e. The number of alkyl carbamates (subject to hydrolysis) is 2. The zero-order valence-electron chi connectivity index (χ0n) is 47.1. The number of fused-ring (bicyclic) bond motifs is 6. The number of cyclic esters (lactones) is 2. The van der Waals surface area contributed by atoms with E-state index in [1.54, 1.807) is 65.8 Å². The molecule has 2 saturated heterocycles. The Hall–Kier alpha value is -6.85. The molecule has 446 valence electrons. The summed E-state index contributed by atoms with van der Waals surface area (Å²) in [5.41, 5.74) is 1.26. The number of carbonyl (C=O) groups is 8. The summed E-state index contributed by atoms with van der Waals surface area (Å²) in [6.45, 7) is 14.5. The lowest BCUT2D eigenvalue weighted by atomic mass is 9.85. The fraction of sp³-hybridized carbons (Fsp3) is 0.643. The number of carboxylic acids is 2. The number of carbonyl (C=O) groups excluding carboxylic acids is 6. The number of rotatable bonds is 2. The normalized spacial score (nSPS) is 26.1. The maximum Gasteiger partial charge on any atom is 0.410 e. The van der Waals surface area contributed by atoms with Gasteiger partial charge in [-0.05, 0) is 77.7 Å². The van der Waals surface area contributed by atoms with E-state index in [4.69, 9.17) is 40.0 Å². The molecule has 4 N–H and O–H groups in total. The Kier molecular flexibility index (Phi) is 19.1. The number of halogens is 3. The van der Waals surface area contributed by atoms with E-state index in [0.717, 1.165) is 46.4 Å². The number of aliphatic carboxylic acids is 2. The number of ether oxygens (including phenoxy) is 6. The third kappa shape index (κ3) is 15.6. The van der Waals surface area contributed by atoms with Gasteiger partial charge in [0.25, 0.3) is 5.92 Å². The minimum atomic E-state index is -3.29. The van der Waals surface area contributed by atoms with Crippen molar-refractivity contribution in [2.45, 2.75) is 175 Å². The van der Waals surface area contributed by atoms with Gasteiger partial charge in [-0.25, -0.2) is 37.5 Å². The van der Waals surface area contributed by atoms with Gasteiger partial charge in [0.2, 0.25) is 11.8 Å². The third-order valence-electron chi connectivity index (χ3n) is 15.1. The molecule has 0 saturated carbocycles. The largest absolute Gasteiger partial charge is 0.493 e. The van der Waals surface area contributed by atoms with Crippen molar-refractivity contribution in [3.05, 3.63) is 57.6 Å². The summed E-state index contributed by atoms with van der Waals surface area (Å²) in [7, 11) is 0. The molecule has 0 aliphatic carbocycles. The summed E-state index contributed by atoms with van der Waals surface area (Å²) in [5.74, 6) is -5.93. The summed E-state index contributed by atoms with van der Waals surface area (Å²) in [6, 6.07) is 4.04. The average Bonchev–Trinajstić information content (AvgIpc) is 4.24. The second-order valence-corrected chi connectivity index (χ2v) is 24.9. The first-order chi connectivity index (χ1) is 37.9. The van der Waals surface area contributed by atoms with Crippen LogP contribution in [0.4, 0.5) is 28.0 Å². The molecule has 2 unspecified atom stereocenters. The average molecular weight is 1160 g/mol. The minimum Gasteiger partial charge on any atom is -0.493 e. The summed E-state index contributed by atoms with van der Waals surface area (Å²) >= 11 is 6.45. The zero-order valence-corrected chi connectivity index (χ0v) is 47.9. The topological polar surface area (TPSA) is 269 Å². The van der Waals surface area contributed by atoms with Gasteiger partial charge in [0.1, 0.15) is 47.9 Å². The van der Waals surface area contributed by atoms with Crippen molar-refractivity contribution in [3.8, 4) is 11.5 Å². The molecule has 6 amide bonds. The molecule has 0 aromatic heterocycles. The molecule has 8 bridgehead atoms. The van der Waals surface area contributed by atoms with Crippen molar-refractivity contribution >= 4 is 59.7 Å². The lowest BCUT2D eigenvalue weighted by Crippen LogP contribution is -2.57. The Morgan fingerprint density at radius 1 is 0.617 bits per heavy atom. The van der Waals surface area contributed by atoms with Crippen LogP contribution in [0.15, 0.2) is 30.3 Å². The van der Waals surface area contributed by atoms with Crippen LogP contribution in [0.1, 0.15) is 129 Å². The number of nitrogens with zero attached hydrogens (tertiary/aromatic N) is 4. The van der Waals surface area contributed by atoms with Crippen LogP contribution in [0.3, 0.4) is 0 Å². The highest BCUT2D eigenvalue weighted by Crippen LogP contribution is 2.38. The third-order valence-corrected chi connectivity index (χ3v) is 15.5. The Bertz CT molecular complexity index is 2720. The number of hydrogen-bond acceptors (Lipinski definition) is 14. The van der Waals surface area contributed by atoms with E-state index in [0.29, 0.717) is 29.5 Å². The Balaban J connectivity index is 0.000000234. The first-order valence-electron chi connectivity index (χ1n) is 27.3. The van der Waals surface area contributed by atoms with Crippen LogP contribution in [0.25, 0.3) is 0 Å². The number of amides is 6. The molecule has 2 aromatic carbocycles. The first kappa shape index (κ1) is 61.8. The number of benzene rings is 2. The maximum absolute atomic E-state index is 14.4. The van der Waals surface area contributed by atoms with Crippen molar-refractivity contribution in [3.63, 3.8) is 0 Å². The van der Waals surface area contributed by atoms with E-state index in [1.165, 1.54) is 14.7 Å². The lowest BCUT2D eigenvalue weighted by Gasteiger charge is -2.34. The molecule has 6 heterocycles. The van der Waals surface area contributed by atoms with Crippen molar-refractivity contribution in [2.75, 3.05) is 39.5 Å². The van der Waals surface area contributed by atoms with Crippen LogP contribution >= 0.6 is 11.6 Å². The van der Waals surface area contributed by atoms with Gasteiger partial charge >= 0.3 is 36.3 Å². The van der Waals surface area contributed by atoms with Gasteiger partial charge < -0.3 is 59.1 Å². The first-order valence-corrected chi connectivity index (χ1v) is 27.7. The van der Waals surface area contributed by atoms with Crippen LogP contribution in [0.2, 0.25) is 5.02 Å². The highest BCUT2D eigenvalue weighted by Gasteiger charge is 2.49. The van der Waals surface area contributed by atoms with Crippen LogP contribution in [0, 0.1) is 16.2 Å². The van der Waals surface area contributed by atoms with E-state index >= 15 is 0 Å². The molecule has 22 nitrogen and oxygen atoms in total. The van der Waals surface area contributed by atoms with E-state index in [1.807, 2.05) is 19.9 Å². The molecular formula is C56H75ClF2N6O16. The van der Waals surface area contributed by atoms with E-state index in [2.05, 4.69) is 10.6 Å². The van der Waals surface area contributed by atoms with Crippen molar-refractivity contribution in [1.82, 2.24) is 30.2 Å². The fourth-order valence-electron chi connectivity index (χ4n) is 10.6. The number of alkyl halides is 2. The predicted octanol–water partition coefficient (Wildman–Crippen LogP) is 8.11. The van der Waals surface area contributed by atoms with Gasteiger partial charge in [-0.1, -0.05) is 79.1 Å². The minimum absolute atomic E-state index is 0.0712. The lowest BCUT2D eigenvalue weighted by molar-refractivity contribution is -0.150. The molecule has 25 heteroatoms. The van der Waals surface area contributed by atoms with E-state index in [-0.39, 0.29) is 77.2 Å². The Morgan fingerprint density at radius 2 is 1.09 bits per heavy atom. The van der Waals surface area contributed by atoms with E-state index < -0.39 is 114 Å². The number of nitrogens with one attached hydrogen (secondary N) is 2. The molecular weight excluding hydrogens is 1090 g/mol. The highest BCUT2D eigenvalue weighted by atomic mass is 35.5. The summed E-state index contributed by atoms with van der Waals surface area (Å²) in [6.07, 6.45) is -2.92. The quantitative estimate of drug-likeness (QED) is 0.207. The SMILES string of the molecule is CC(C)(C)[C@@H]1NC(=O)OCC(F)(F)CCCCOc2cccc3c2CN(C3)C(=O)O[C@@H]2CC(C(=O)O)N(C2)C1=O.CC1(C)CCCCOc2ccc(Cl)c3c2CN(C3)C(=O)O[C@@H]2CC(C(=O)O)N(C2)C(=O)[C@H](C(C)(C)C)NC(=O)OC1. The molecule has 8 rings (SSSR count). The summed E-state index contributed by atoms with van der Waals surface area (Å²) in [4.78, 5) is 108. The summed E-state index contributed by atoms with van der Waals surface area (Å²) < 4.78 is 62.4. The molecule has 2 fully saturated rings. The predicted molar refractivity (Wildman–Crippen MR) is 285 cm³/mol. The Morgan fingerprint density at radius 3 is 1.60 bits per heavy atom. The van der Waals surface area contributed by atoms with Crippen molar-refractivity contribution in [2.24, 2.45) is 16.2 Å². The second kappa shape index (κ2) is 25.1. The number of carboxylic acid groups (broad SMARTS) is 2. The van der Waals surface area contributed by atoms with E-state index in [9.17, 15) is 57.4 Å². The Labute approximate surface area is 474 Å². The van der Waals surface area contributed by atoms with Gasteiger partial charge in [0, 0.05) is 42.0 Å². The molecule has 81 heavy (non-hydrogen) atoms. The van der Waals surface area contributed by atoms with Crippen molar-refractivity contribution in [1.29, 1.82) is 0 Å². The molecule has 2 aromatic rings. The van der Waals surface area contributed by atoms with Gasteiger partial charge in [-0.15, -0.1) is 0 Å². The standard InChI is InChI=1S/C29H40ClN3O8.C27H35F2N3O8/c1-28(2,3)23-24(34)33-13-17(12-21(33)25(35)36)41-27(38)32-14-18-19(15-32)22(9-8-20(18)30)39-11-7-6-10-29(4,5)16-40-26(37)31-23;1-26(2,3)21-22(33)32-13-17(11-19(32)23(34)35)40-25(37)31-12-16-7-6-8-20(18(16)14-31)38-10-5-4-9-27(28,29)15-39-24(36)30-21/h8-9,17,21,23H,6-7,10-16H2,1-5H3,(H,31,37)(H,35,36);6-8,17,19,21H,4-5,9-15H2,1-3H3,(H,30,36)(H,34,35)/t17-,21?,23-;17-,19?,21-/m11/s1. The van der Waals surface area contributed by atoms with Crippen LogP contribution < -0.4 is 20.1 Å². The second-order valence-electron chi connectivity index (χ2n) is 24.5. The van der Waals surface area contributed by atoms with Gasteiger partial charge in [0.05, 0.1) is 52.5 Å². The van der Waals surface area contributed by atoms with Crippen molar-refractivity contribution < 1.29 is 85.8 Å². The number of hydrogen-bond donors (Lipinski definition) is 4. The molecule has 0 spiro atoms. The molecule has 6 aliphatic heterocycles. The molecule has 6 aliphatic rings. The van der Waals surface area contributed by atoms with Gasteiger partial charge in [-0.3, -0.25) is 19.4 Å². The van der Waals surface area contributed by atoms with Crippen LogP contribution in [0.5, 0.6) is 11.5 Å². The summed E-state index contributed by atoms with van der Waals surface area (Å²) in [5, 5.41) is 25.3. The zero-order chi connectivity index (χ0) is 59.4. The monoisotopic (exact) mass is 1160 g/mol. The van der Waals surface area contributed by atoms with Crippen LogP contribution in [-0.2, 0) is 64.3 Å². The van der Waals surface area contributed by atoms with Gasteiger partial charge in [0.15, 0.2) is 6.61 Å².